The number of nitrogens with zero attached hydrogens (tertiary/aromatic N) is 2. The number of piperazine rings is 1. The van der Waals surface area contributed by atoms with Gasteiger partial charge in [0, 0.05) is 44.3 Å². The molecule has 1 aliphatic heterocycles. The molecule has 0 aromatic heterocycles. The number of rotatable bonds is 5. The summed E-state index contributed by atoms with van der Waals surface area (Å²) in [5.74, 6) is -0.990. The first kappa shape index (κ1) is 19.6. The van der Waals surface area contributed by atoms with E-state index in [2.05, 4.69) is 49.9 Å². The monoisotopic (exact) mass is 345 g/mol. The lowest BCUT2D eigenvalue weighted by Gasteiger charge is -2.36. The minimum absolute atomic E-state index is 0.0295. The van der Waals surface area contributed by atoms with Gasteiger partial charge in [-0.2, -0.15) is 0 Å². The van der Waals surface area contributed by atoms with Crippen LogP contribution in [0, 0.1) is 0 Å². The molecule has 1 fully saturated rings. The fraction of sp³-hybridized carbons (Fsp3) is 0.600. The molecule has 0 bridgehead atoms. The molecule has 0 saturated carbocycles. The summed E-state index contributed by atoms with van der Waals surface area (Å²) in [6, 6.07) is 7.56. The molecule has 0 unspecified atom stereocenters. The molecule has 2 rings (SSSR count). The van der Waals surface area contributed by atoms with Crippen LogP contribution < -0.4 is 5.32 Å². The average Bonchev–Trinajstić information content (AvgIpc) is 2.58. The molecule has 138 valence electrons. The Labute approximate surface area is 151 Å². The number of amides is 1. The lowest BCUT2D eigenvalue weighted by atomic mass is 9.86. The summed E-state index contributed by atoms with van der Waals surface area (Å²) in [6.07, 6.45) is 0. The van der Waals surface area contributed by atoms with Crippen LogP contribution >= 0.6 is 0 Å². The summed E-state index contributed by atoms with van der Waals surface area (Å²) in [5, 5.41) is 2.79. The smallest absolute Gasteiger partial charge is 0.292 e. The lowest BCUT2D eigenvalue weighted by molar-refractivity contribution is -0.117. The van der Waals surface area contributed by atoms with Crippen molar-refractivity contribution < 1.29 is 9.59 Å². The lowest BCUT2D eigenvalue weighted by Crippen LogP contribution is -2.51. The fourth-order valence-electron chi connectivity index (χ4n) is 2.97. The van der Waals surface area contributed by atoms with E-state index in [4.69, 9.17) is 0 Å². The predicted molar refractivity (Wildman–Crippen MR) is 101 cm³/mol. The molecule has 0 spiro atoms. The molecule has 5 nitrogen and oxygen atoms in total. The predicted octanol–water partition coefficient (Wildman–Crippen LogP) is 1.92. The third-order valence-corrected chi connectivity index (χ3v) is 4.94. The number of hydrogen-bond donors (Lipinski definition) is 1. The van der Waals surface area contributed by atoms with Crippen LogP contribution in [0.3, 0.4) is 0 Å². The maximum Gasteiger partial charge on any atom is 0.292 e. The van der Waals surface area contributed by atoms with E-state index >= 15 is 0 Å². The van der Waals surface area contributed by atoms with Gasteiger partial charge in [0.1, 0.15) is 0 Å². The number of ketones is 1. The van der Waals surface area contributed by atoms with Crippen molar-refractivity contribution in [3.8, 4) is 0 Å². The zero-order valence-electron chi connectivity index (χ0n) is 16.1. The molecule has 1 aromatic rings. The quantitative estimate of drug-likeness (QED) is 0.654. The molecule has 1 aromatic carbocycles. The van der Waals surface area contributed by atoms with Crippen molar-refractivity contribution in [2.24, 2.45) is 0 Å². The zero-order chi connectivity index (χ0) is 18.6. The van der Waals surface area contributed by atoms with Gasteiger partial charge in [-0.3, -0.25) is 14.5 Å². The fourth-order valence-corrected chi connectivity index (χ4v) is 2.97. The maximum absolute atomic E-state index is 12.3. The van der Waals surface area contributed by atoms with E-state index in [0.717, 1.165) is 31.7 Å². The van der Waals surface area contributed by atoms with Gasteiger partial charge in [0.25, 0.3) is 5.91 Å². The first-order chi connectivity index (χ1) is 11.7. The van der Waals surface area contributed by atoms with E-state index in [-0.39, 0.29) is 11.5 Å². The molecule has 1 heterocycles. The second-order valence-electron chi connectivity index (χ2n) is 8.05. The number of nitrogens with one attached hydrogen (secondary N) is 1. The molecule has 1 amide bonds. The number of benzene rings is 1. The van der Waals surface area contributed by atoms with Gasteiger partial charge in [-0.25, -0.2) is 0 Å². The SMILES string of the molecule is C[C@@H](CNC(=O)C(=O)c1ccc(C(C)(C)C)cc1)N1CCN(C)CC1. The molecule has 1 N–H and O–H groups in total. The molecular weight excluding hydrogens is 314 g/mol. The van der Waals surface area contributed by atoms with Gasteiger partial charge in [-0.1, -0.05) is 45.0 Å². The van der Waals surface area contributed by atoms with Gasteiger partial charge in [-0.15, -0.1) is 0 Å². The molecule has 0 aliphatic carbocycles. The Morgan fingerprint density at radius 2 is 1.64 bits per heavy atom. The molecule has 1 saturated heterocycles. The van der Waals surface area contributed by atoms with Gasteiger partial charge < -0.3 is 10.2 Å². The van der Waals surface area contributed by atoms with Crippen LogP contribution in [0.25, 0.3) is 0 Å². The van der Waals surface area contributed by atoms with Crippen molar-refractivity contribution in [3.63, 3.8) is 0 Å². The first-order valence-corrected chi connectivity index (χ1v) is 9.04. The maximum atomic E-state index is 12.3. The third kappa shape index (κ3) is 5.38. The summed E-state index contributed by atoms with van der Waals surface area (Å²) >= 11 is 0. The summed E-state index contributed by atoms with van der Waals surface area (Å²) in [7, 11) is 2.12. The van der Waals surface area contributed by atoms with E-state index < -0.39 is 11.7 Å². The van der Waals surface area contributed by atoms with E-state index in [1.54, 1.807) is 12.1 Å². The summed E-state index contributed by atoms with van der Waals surface area (Å²) in [6.45, 7) is 13.0. The second kappa shape index (κ2) is 8.11. The van der Waals surface area contributed by atoms with Gasteiger partial charge in [-0.05, 0) is 24.9 Å². The summed E-state index contributed by atoms with van der Waals surface area (Å²) < 4.78 is 0. The zero-order valence-corrected chi connectivity index (χ0v) is 16.1. The van der Waals surface area contributed by atoms with Gasteiger partial charge >= 0.3 is 0 Å². The Hall–Kier alpha value is -1.72. The Balaban J connectivity index is 1.86. The average molecular weight is 345 g/mol. The van der Waals surface area contributed by atoms with E-state index in [0.29, 0.717) is 12.1 Å². The Kier molecular flexibility index (Phi) is 6.36. The Bertz CT molecular complexity index is 596. The van der Waals surface area contributed by atoms with Crippen molar-refractivity contribution >= 4 is 11.7 Å². The number of Topliss-reactive ketones (excluding diaryl/α,β-unsaturated/α-hetero) is 1. The first-order valence-electron chi connectivity index (χ1n) is 9.04. The highest BCUT2D eigenvalue weighted by molar-refractivity contribution is 6.42. The van der Waals surface area contributed by atoms with Gasteiger partial charge in [0.2, 0.25) is 5.78 Å². The number of hydrogen-bond acceptors (Lipinski definition) is 4. The van der Waals surface area contributed by atoms with Crippen LogP contribution in [-0.4, -0.2) is 67.3 Å². The normalized spacial score (nSPS) is 18.0. The molecule has 25 heavy (non-hydrogen) atoms. The van der Waals surface area contributed by atoms with Crippen LogP contribution in [0.1, 0.15) is 43.6 Å². The minimum atomic E-state index is -0.524. The second-order valence-corrected chi connectivity index (χ2v) is 8.05. The topological polar surface area (TPSA) is 52.7 Å². The van der Waals surface area contributed by atoms with Crippen molar-refractivity contribution in [2.75, 3.05) is 39.8 Å². The molecule has 1 atom stereocenters. The van der Waals surface area contributed by atoms with Crippen LogP contribution in [0.2, 0.25) is 0 Å². The Morgan fingerprint density at radius 1 is 1.08 bits per heavy atom. The van der Waals surface area contributed by atoms with Crippen molar-refractivity contribution in [1.82, 2.24) is 15.1 Å². The standard InChI is InChI=1S/C20H31N3O2/c1-15(23-12-10-22(5)11-13-23)14-21-19(25)18(24)16-6-8-17(9-7-16)20(2,3)4/h6-9,15H,10-14H2,1-5H3,(H,21,25)/t15-/m0/s1. The molecular formula is C20H31N3O2. The van der Waals surface area contributed by atoms with E-state index in [9.17, 15) is 9.59 Å². The highest BCUT2D eigenvalue weighted by Crippen LogP contribution is 2.22. The number of carbonyl (C=O) groups is 2. The molecule has 0 radical (unpaired) electrons. The van der Waals surface area contributed by atoms with Crippen LogP contribution in [0.5, 0.6) is 0 Å². The van der Waals surface area contributed by atoms with Crippen LogP contribution in [-0.2, 0) is 10.2 Å². The third-order valence-electron chi connectivity index (χ3n) is 4.94. The Morgan fingerprint density at radius 3 is 2.16 bits per heavy atom. The number of likely N-dealkylation sites (N-methyl/N-ethyl adjacent to an activating group) is 1. The van der Waals surface area contributed by atoms with Gasteiger partial charge in [0.05, 0.1) is 0 Å². The molecule has 5 heteroatoms. The van der Waals surface area contributed by atoms with Crippen LogP contribution in [0.15, 0.2) is 24.3 Å². The van der Waals surface area contributed by atoms with Crippen molar-refractivity contribution in [2.45, 2.75) is 39.2 Å². The van der Waals surface area contributed by atoms with Crippen LogP contribution in [0.4, 0.5) is 0 Å². The minimum Gasteiger partial charge on any atom is -0.348 e. The number of carbonyl (C=O) groups excluding carboxylic acids is 2. The highest BCUT2D eigenvalue weighted by Gasteiger charge is 2.22. The van der Waals surface area contributed by atoms with E-state index in [1.807, 2.05) is 12.1 Å². The molecule has 1 aliphatic rings. The van der Waals surface area contributed by atoms with Crippen molar-refractivity contribution in [3.05, 3.63) is 35.4 Å². The van der Waals surface area contributed by atoms with Gasteiger partial charge in [0.15, 0.2) is 0 Å². The van der Waals surface area contributed by atoms with E-state index in [1.165, 1.54) is 0 Å². The largest absolute Gasteiger partial charge is 0.348 e. The summed E-state index contributed by atoms with van der Waals surface area (Å²) in [4.78, 5) is 29.1. The van der Waals surface area contributed by atoms with Crippen molar-refractivity contribution in [1.29, 1.82) is 0 Å². The highest BCUT2D eigenvalue weighted by atomic mass is 16.2. The summed E-state index contributed by atoms with van der Waals surface area (Å²) in [5.41, 5.74) is 1.62.